The summed E-state index contributed by atoms with van der Waals surface area (Å²) in [5.41, 5.74) is 0.686. The van der Waals surface area contributed by atoms with Crippen LogP contribution in [-0.2, 0) is 0 Å². The van der Waals surface area contributed by atoms with Crippen LogP contribution in [0.2, 0.25) is 0 Å². The van der Waals surface area contributed by atoms with Crippen LogP contribution in [-0.4, -0.2) is 51.3 Å². The number of aromatic carboxylic acids is 1. The number of rotatable bonds is 7. The van der Waals surface area contributed by atoms with Crippen molar-refractivity contribution < 1.29 is 9.90 Å². The molecule has 5 nitrogen and oxygen atoms in total. The average molecular weight is 269 g/mol. The molecule has 6 heteroatoms. The lowest BCUT2D eigenvalue weighted by molar-refractivity contribution is 0.0695. The van der Waals surface area contributed by atoms with E-state index in [1.807, 2.05) is 0 Å². The number of aryl methyl sites for hydroxylation is 1. The first-order chi connectivity index (χ1) is 8.58. The summed E-state index contributed by atoms with van der Waals surface area (Å²) in [6.07, 6.45) is 1.38. The fourth-order valence-corrected chi connectivity index (χ4v) is 2.39. The third kappa shape index (κ3) is 4.27. The monoisotopic (exact) mass is 269 g/mol. The number of nitrogens with zero attached hydrogens (tertiary/aromatic N) is 3. The number of carboxylic acids is 1. The Bertz CT molecular complexity index is 408. The molecule has 1 aromatic heterocycles. The molecule has 0 saturated heterocycles. The van der Waals surface area contributed by atoms with Gasteiger partial charge in [0.2, 0.25) is 0 Å². The molecule has 1 N–H and O–H groups in total. The normalized spacial score (nSPS) is 10.9. The second-order valence-corrected chi connectivity index (χ2v) is 4.89. The molecule has 0 bridgehead atoms. The number of hydrogen-bond acceptors (Lipinski definition) is 5. The van der Waals surface area contributed by atoms with E-state index in [9.17, 15) is 4.79 Å². The number of carboxylic acid groups (broad SMARTS) is 1. The molecule has 0 aliphatic carbocycles. The summed E-state index contributed by atoms with van der Waals surface area (Å²) in [5.74, 6) is -0.0692. The standard InChI is InChI=1S/C12H19N3O2S/c1-4-15(5-2)6-7-18-12-13-8-10(11(16)17)9(3)14-12/h8H,4-7H2,1-3H3,(H,16,17). The lowest BCUT2D eigenvalue weighted by Gasteiger charge is -2.16. The van der Waals surface area contributed by atoms with Gasteiger partial charge in [0.15, 0.2) is 5.16 Å². The smallest absolute Gasteiger partial charge is 0.339 e. The van der Waals surface area contributed by atoms with Crippen molar-refractivity contribution in [2.45, 2.75) is 25.9 Å². The quantitative estimate of drug-likeness (QED) is 0.602. The molecule has 1 heterocycles. The molecule has 100 valence electrons. The van der Waals surface area contributed by atoms with Gasteiger partial charge in [-0.3, -0.25) is 0 Å². The fraction of sp³-hybridized carbons (Fsp3) is 0.583. The Balaban J connectivity index is 2.53. The summed E-state index contributed by atoms with van der Waals surface area (Å²) in [6.45, 7) is 9.02. The Morgan fingerprint density at radius 3 is 2.61 bits per heavy atom. The molecule has 1 aromatic rings. The van der Waals surface area contributed by atoms with Crippen LogP contribution in [0.1, 0.15) is 29.9 Å². The van der Waals surface area contributed by atoms with Gasteiger partial charge in [0.25, 0.3) is 0 Å². The van der Waals surface area contributed by atoms with Gasteiger partial charge in [0.05, 0.1) is 11.3 Å². The van der Waals surface area contributed by atoms with Gasteiger partial charge in [0.1, 0.15) is 0 Å². The van der Waals surface area contributed by atoms with Crippen LogP contribution in [0.15, 0.2) is 11.4 Å². The third-order valence-corrected chi connectivity index (χ3v) is 3.56. The van der Waals surface area contributed by atoms with E-state index in [0.29, 0.717) is 10.9 Å². The first kappa shape index (κ1) is 14.9. The van der Waals surface area contributed by atoms with E-state index < -0.39 is 5.97 Å². The first-order valence-electron chi connectivity index (χ1n) is 6.00. The molecule has 0 aliphatic heterocycles. The lowest BCUT2D eigenvalue weighted by Crippen LogP contribution is -2.25. The highest BCUT2D eigenvalue weighted by Crippen LogP contribution is 2.14. The van der Waals surface area contributed by atoms with Gasteiger partial charge >= 0.3 is 5.97 Å². The van der Waals surface area contributed by atoms with E-state index in [1.54, 1.807) is 18.7 Å². The van der Waals surface area contributed by atoms with Crippen LogP contribution in [0, 0.1) is 6.92 Å². The number of aromatic nitrogens is 2. The van der Waals surface area contributed by atoms with Crippen molar-refractivity contribution in [2.75, 3.05) is 25.4 Å². The maximum atomic E-state index is 10.8. The zero-order valence-electron chi connectivity index (χ0n) is 11.0. The predicted octanol–water partition coefficient (Wildman–Crippen LogP) is 1.92. The largest absolute Gasteiger partial charge is 0.478 e. The van der Waals surface area contributed by atoms with Crippen LogP contribution in [0.25, 0.3) is 0 Å². The average Bonchev–Trinajstić information content (AvgIpc) is 2.34. The Kier molecular flexibility index (Phi) is 6.07. The van der Waals surface area contributed by atoms with Crippen molar-refractivity contribution in [3.05, 3.63) is 17.5 Å². The van der Waals surface area contributed by atoms with Crippen molar-refractivity contribution >= 4 is 17.7 Å². The van der Waals surface area contributed by atoms with Gasteiger partial charge in [-0.2, -0.15) is 0 Å². The molecular formula is C12H19N3O2S. The van der Waals surface area contributed by atoms with Crippen molar-refractivity contribution in [2.24, 2.45) is 0 Å². The summed E-state index contributed by atoms with van der Waals surface area (Å²) in [4.78, 5) is 21.4. The topological polar surface area (TPSA) is 66.3 Å². The van der Waals surface area contributed by atoms with Crippen LogP contribution < -0.4 is 0 Å². The first-order valence-corrected chi connectivity index (χ1v) is 6.99. The molecule has 0 aliphatic rings. The Morgan fingerprint density at radius 2 is 2.11 bits per heavy atom. The van der Waals surface area contributed by atoms with Crippen molar-refractivity contribution in [3.8, 4) is 0 Å². The minimum Gasteiger partial charge on any atom is -0.478 e. The predicted molar refractivity (Wildman–Crippen MR) is 72.2 cm³/mol. The summed E-state index contributed by atoms with van der Waals surface area (Å²) in [6, 6.07) is 0. The number of carbonyl (C=O) groups is 1. The van der Waals surface area contributed by atoms with Gasteiger partial charge in [0, 0.05) is 18.5 Å². The summed E-state index contributed by atoms with van der Waals surface area (Å²) < 4.78 is 0. The molecule has 0 radical (unpaired) electrons. The van der Waals surface area contributed by atoms with Gasteiger partial charge in [-0.1, -0.05) is 25.6 Å². The van der Waals surface area contributed by atoms with Gasteiger partial charge in [-0.05, 0) is 20.0 Å². The molecular weight excluding hydrogens is 250 g/mol. The van der Waals surface area contributed by atoms with Crippen molar-refractivity contribution in [1.82, 2.24) is 14.9 Å². The van der Waals surface area contributed by atoms with Crippen LogP contribution in [0.5, 0.6) is 0 Å². The molecule has 1 rings (SSSR count). The summed E-state index contributed by atoms with van der Waals surface area (Å²) in [5, 5.41) is 9.52. The van der Waals surface area contributed by atoms with E-state index in [2.05, 4.69) is 28.7 Å². The number of hydrogen-bond donors (Lipinski definition) is 1. The molecule has 0 spiro atoms. The molecule has 0 fully saturated rings. The van der Waals surface area contributed by atoms with Crippen LogP contribution >= 0.6 is 11.8 Å². The maximum absolute atomic E-state index is 10.8. The minimum atomic E-state index is -0.979. The fourth-order valence-electron chi connectivity index (χ4n) is 1.53. The Hall–Kier alpha value is -1.14. The lowest BCUT2D eigenvalue weighted by atomic mass is 10.2. The zero-order chi connectivity index (χ0) is 13.5. The van der Waals surface area contributed by atoms with E-state index in [4.69, 9.17) is 5.11 Å². The van der Waals surface area contributed by atoms with Gasteiger partial charge < -0.3 is 10.0 Å². The van der Waals surface area contributed by atoms with Gasteiger partial charge in [-0.25, -0.2) is 14.8 Å². The summed E-state index contributed by atoms with van der Waals surface area (Å²) >= 11 is 1.56. The van der Waals surface area contributed by atoms with E-state index in [1.165, 1.54) is 6.20 Å². The summed E-state index contributed by atoms with van der Waals surface area (Å²) in [7, 11) is 0. The Labute approximate surface area is 112 Å². The molecule has 18 heavy (non-hydrogen) atoms. The highest BCUT2D eigenvalue weighted by molar-refractivity contribution is 7.99. The second kappa shape index (κ2) is 7.33. The molecule has 0 unspecified atom stereocenters. The number of thioether (sulfide) groups is 1. The maximum Gasteiger partial charge on any atom is 0.339 e. The zero-order valence-corrected chi connectivity index (χ0v) is 11.8. The molecule has 0 aromatic carbocycles. The minimum absolute atomic E-state index is 0.170. The molecule has 0 amide bonds. The van der Waals surface area contributed by atoms with Crippen molar-refractivity contribution in [3.63, 3.8) is 0 Å². The van der Waals surface area contributed by atoms with E-state index >= 15 is 0 Å². The molecule has 0 saturated carbocycles. The van der Waals surface area contributed by atoms with Crippen LogP contribution in [0.4, 0.5) is 0 Å². The van der Waals surface area contributed by atoms with Crippen LogP contribution in [0.3, 0.4) is 0 Å². The highest BCUT2D eigenvalue weighted by Gasteiger charge is 2.10. The Morgan fingerprint density at radius 1 is 1.44 bits per heavy atom. The second-order valence-electron chi connectivity index (χ2n) is 3.83. The highest BCUT2D eigenvalue weighted by atomic mass is 32.2. The van der Waals surface area contributed by atoms with E-state index in [0.717, 1.165) is 25.4 Å². The third-order valence-electron chi connectivity index (χ3n) is 2.72. The SMILES string of the molecule is CCN(CC)CCSc1ncc(C(=O)O)c(C)n1. The van der Waals surface area contributed by atoms with Gasteiger partial charge in [-0.15, -0.1) is 0 Å². The van der Waals surface area contributed by atoms with Crippen molar-refractivity contribution in [1.29, 1.82) is 0 Å². The van der Waals surface area contributed by atoms with E-state index in [-0.39, 0.29) is 5.56 Å². The molecule has 0 atom stereocenters.